The number of hydrogen-bond donors (Lipinski definition) is 2. The molecule has 0 aliphatic heterocycles. The first-order chi connectivity index (χ1) is 16.6. The van der Waals surface area contributed by atoms with Crippen molar-refractivity contribution >= 4 is 12.1 Å². The fourth-order valence-electron chi connectivity index (χ4n) is 4.52. The summed E-state index contributed by atoms with van der Waals surface area (Å²) in [6.07, 6.45) is -0.472. The Labute approximate surface area is 197 Å². The van der Waals surface area contributed by atoms with Gasteiger partial charge in [0, 0.05) is 12.5 Å². The predicted molar refractivity (Wildman–Crippen MR) is 131 cm³/mol. The highest BCUT2D eigenvalue weighted by molar-refractivity contribution is 5.89. The van der Waals surface area contributed by atoms with Crippen molar-refractivity contribution in [1.29, 1.82) is 0 Å². The van der Waals surface area contributed by atoms with E-state index in [-0.39, 0.29) is 18.1 Å². The van der Waals surface area contributed by atoms with Crippen molar-refractivity contribution in [3.8, 4) is 22.3 Å². The molecule has 1 aliphatic carbocycles. The van der Waals surface area contributed by atoms with Crippen LogP contribution in [-0.4, -0.2) is 23.8 Å². The Morgan fingerprint density at radius 3 is 2.06 bits per heavy atom. The Balaban J connectivity index is 1.23. The molecular formula is C29H23NO4. The summed E-state index contributed by atoms with van der Waals surface area (Å²) in [5, 5.41) is 12.1. The molecule has 0 unspecified atom stereocenters. The lowest BCUT2D eigenvalue weighted by Crippen LogP contribution is -2.25. The molecule has 168 valence electrons. The number of carboxylic acid groups (broad SMARTS) is 1. The van der Waals surface area contributed by atoms with Crippen molar-refractivity contribution in [2.75, 3.05) is 6.61 Å². The molecule has 0 spiro atoms. The van der Waals surface area contributed by atoms with Crippen molar-refractivity contribution in [3.63, 3.8) is 0 Å². The van der Waals surface area contributed by atoms with E-state index in [1.165, 1.54) is 22.3 Å². The number of amides is 1. The topological polar surface area (TPSA) is 75.6 Å². The van der Waals surface area contributed by atoms with Gasteiger partial charge in [-0.2, -0.15) is 0 Å². The zero-order valence-corrected chi connectivity index (χ0v) is 18.4. The summed E-state index contributed by atoms with van der Waals surface area (Å²) in [7, 11) is 0. The van der Waals surface area contributed by atoms with E-state index in [4.69, 9.17) is 4.74 Å². The van der Waals surface area contributed by atoms with E-state index >= 15 is 0 Å². The van der Waals surface area contributed by atoms with Gasteiger partial charge >= 0.3 is 12.1 Å². The zero-order valence-electron chi connectivity index (χ0n) is 18.4. The molecule has 34 heavy (non-hydrogen) atoms. The summed E-state index contributed by atoms with van der Waals surface area (Å²) in [6.45, 7) is 0.574. The van der Waals surface area contributed by atoms with E-state index in [1.807, 2.05) is 54.6 Å². The third-order valence-electron chi connectivity index (χ3n) is 6.15. The van der Waals surface area contributed by atoms with Gasteiger partial charge < -0.3 is 15.2 Å². The van der Waals surface area contributed by atoms with Gasteiger partial charge in [0.25, 0.3) is 0 Å². The standard InChI is InChI=1S/C29H23NO4/c31-28(32)22-10-6-9-21(16-22)20-8-5-7-19(15-20)17-30-29(33)34-18-27-25-13-3-1-11-23(25)24-12-2-4-14-26(24)27/h1-16,27H,17-18H2,(H,30,33)(H,31,32). The van der Waals surface area contributed by atoms with Gasteiger partial charge in [0.05, 0.1) is 5.56 Å². The molecule has 4 aromatic carbocycles. The number of fused-ring (bicyclic) bond motifs is 3. The molecule has 0 saturated heterocycles. The van der Waals surface area contributed by atoms with Crippen LogP contribution in [0, 0.1) is 0 Å². The highest BCUT2D eigenvalue weighted by Gasteiger charge is 2.28. The number of nitrogens with one attached hydrogen (secondary N) is 1. The fraction of sp³-hybridized carbons (Fsp3) is 0.103. The number of ether oxygens (including phenoxy) is 1. The highest BCUT2D eigenvalue weighted by atomic mass is 16.5. The average Bonchev–Trinajstić information content (AvgIpc) is 3.20. The van der Waals surface area contributed by atoms with Crippen LogP contribution in [0.15, 0.2) is 97.1 Å². The fourth-order valence-corrected chi connectivity index (χ4v) is 4.52. The van der Waals surface area contributed by atoms with E-state index in [1.54, 1.807) is 18.2 Å². The summed E-state index contributed by atoms with van der Waals surface area (Å²) in [5.74, 6) is -0.946. The molecular weight excluding hydrogens is 426 g/mol. The quantitative estimate of drug-likeness (QED) is 0.373. The maximum Gasteiger partial charge on any atom is 0.407 e. The molecule has 1 aliphatic rings. The van der Waals surface area contributed by atoms with Crippen LogP contribution < -0.4 is 5.32 Å². The van der Waals surface area contributed by atoms with Crippen molar-refractivity contribution < 1.29 is 19.4 Å². The van der Waals surface area contributed by atoms with Crippen LogP contribution in [0.3, 0.4) is 0 Å². The largest absolute Gasteiger partial charge is 0.478 e. The van der Waals surface area contributed by atoms with Gasteiger partial charge in [-0.3, -0.25) is 0 Å². The molecule has 1 amide bonds. The predicted octanol–water partition coefficient (Wildman–Crippen LogP) is 6.09. The smallest absolute Gasteiger partial charge is 0.407 e. The summed E-state index contributed by atoms with van der Waals surface area (Å²) in [4.78, 5) is 23.7. The van der Waals surface area contributed by atoms with Crippen molar-refractivity contribution in [3.05, 3.63) is 119 Å². The summed E-state index contributed by atoms with van der Waals surface area (Å²) in [6, 6.07) is 30.9. The third-order valence-corrected chi connectivity index (χ3v) is 6.15. The van der Waals surface area contributed by atoms with Crippen LogP contribution in [0.25, 0.3) is 22.3 Å². The average molecular weight is 450 g/mol. The number of benzene rings is 4. The second-order valence-electron chi connectivity index (χ2n) is 8.27. The molecule has 5 rings (SSSR count). The Bertz CT molecular complexity index is 1330. The highest BCUT2D eigenvalue weighted by Crippen LogP contribution is 2.44. The lowest BCUT2D eigenvalue weighted by Gasteiger charge is -2.15. The molecule has 0 radical (unpaired) electrons. The summed E-state index contributed by atoms with van der Waals surface area (Å²) < 4.78 is 5.60. The van der Waals surface area contributed by atoms with Gasteiger partial charge in [0.1, 0.15) is 6.61 Å². The summed E-state index contributed by atoms with van der Waals surface area (Å²) in [5.41, 5.74) is 7.55. The van der Waals surface area contributed by atoms with E-state index in [0.29, 0.717) is 6.54 Å². The number of carboxylic acids is 1. The van der Waals surface area contributed by atoms with Crippen molar-refractivity contribution in [2.24, 2.45) is 0 Å². The first kappa shape index (κ1) is 21.5. The van der Waals surface area contributed by atoms with Crippen molar-refractivity contribution in [1.82, 2.24) is 5.32 Å². The first-order valence-electron chi connectivity index (χ1n) is 11.1. The molecule has 0 fully saturated rings. The molecule has 0 atom stereocenters. The first-order valence-corrected chi connectivity index (χ1v) is 11.1. The zero-order chi connectivity index (χ0) is 23.5. The maximum absolute atomic E-state index is 12.5. The minimum Gasteiger partial charge on any atom is -0.478 e. The van der Waals surface area contributed by atoms with Crippen LogP contribution in [0.2, 0.25) is 0 Å². The molecule has 0 heterocycles. The molecule has 5 nitrogen and oxygen atoms in total. The van der Waals surface area contributed by atoms with Crippen LogP contribution in [-0.2, 0) is 11.3 Å². The minimum atomic E-state index is -0.963. The van der Waals surface area contributed by atoms with Crippen LogP contribution in [0.4, 0.5) is 4.79 Å². The van der Waals surface area contributed by atoms with Gasteiger partial charge in [0.15, 0.2) is 0 Å². The number of aromatic carboxylic acids is 1. The molecule has 0 saturated carbocycles. The van der Waals surface area contributed by atoms with Gasteiger partial charge in [0.2, 0.25) is 0 Å². The van der Waals surface area contributed by atoms with Gasteiger partial charge in [-0.1, -0.05) is 78.9 Å². The van der Waals surface area contributed by atoms with E-state index in [0.717, 1.165) is 16.7 Å². The van der Waals surface area contributed by atoms with Crippen LogP contribution in [0.1, 0.15) is 33.0 Å². The number of carbonyl (C=O) groups is 2. The molecule has 2 N–H and O–H groups in total. The lowest BCUT2D eigenvalue weighted by atomic mass is 9.98. The van der Waals surface area contributed by atoms with Crippen LogP contribution in [0.5, 0.6) is 0 Å². The molecule has 0 aromatic heterocycles. The van der Waals surface area contributed by atoms with Gasteiger partial charge in [-0.05, 0) is 57.1 Å². The Morgan fingerprint density at radius 2 is 1.38 bits per heavy atom. The Hall–Kier alpha value is -4.38. The Kier molecular flexibility index (Phi) is 5.83. The van der Waals surface area contributed by atoms with Gasteiger partial charge in [-0.15, -0.1) is 0 Å². The number of carbonyl (C=O) groups excluding carboxylic acids is 1. The number of hydrogen-bond acceptors (Lipinski definition) is 3. The second kappa shape index (κ2) is 9.24. The lowest BCUT2D eigenvalue weighted by molar-refractivity contribution is 0.0697. The normalized spacial score (nSPS) is 12.0. The van der Waals surface area contributed by atoms with E-state index in [9.17, 15) is 14.7 Å². The van der Waals surface area contributed by atoms with E-state index < -0.39 is 12.1 Å². The van der Waals surface area contributed by atoms with E-state index in [2.05, 4.69) is 29.6 Å². The minimum absolute atomic E-state index is 0.0167. The SMILES string of the molecule is O=C(NCc1cccc(-c2cccc(C(=O)O)c2)c1)OCC1c2ccccc2-c2ccccc21. The number of rotatable bonds is 6. The second-order valence-corrected chi connectivity index (χ2v) is 8.27. The molecule has 4 aromatic rings. The van der Waals surface area contributed by atoms with Crippen molar-refractivity contribution in [2.45, 2.75) is 12.5 Å². The molecule has 0 bridgehead atoms. The maximum atomic E-state index is 12.5. The summed E-state index contributed by atoms with van der Waals surface area (Å²) >= 11 is 0. The number of alkyl carbamates (subject to hydrolysis) is 1. The van der Waals surface area contributed by atoms with Gasteiger partial charge in [-0.25, -0.2) is 9.59 Å². The monoisotopic (exact) mass is 449 g/mol. The van der Waals surface area contributed by atoms with Crippen LogP contribution >= 0.6 is 0 Å². The third kappa shape index (κ3) is 4.28. The Morgan fingerprint density at radius 1 is 0.765 bits per heavy atom. The molecule has 5 heteroatoms.